The fraction of sp³-hybridized carbons (Fsp3) is 0.273. The van der Waals surface area contributed by atoms with Gasteiger partial charge in [-0.3, -0.25) is 0 Å². The highest BCUT2D eigenvalue weighted by Crippen LogP contribution is 2.38. The zero-order valence-corrected chi connectivity index (χ0v) is 19.5. The molecule has 0 amide bonds. The molecule has 3 aromatic heterocycles. The van der Waals surface area contributed by atoms with Gasteiger partial charge in [0.25, 0.3) is 0 Å². The lowest BCUT2D eigenvalue weighted by Crippen LogP contribution is -2.39. The van der Waals surface area contributed by atoms with E-state index in [2.05, 4.69) is 24.8 Å². The highest BCUT2D eigenvalue weighted by molar-refractivity contribution is 7.98. The van der Waals surface area contributed by atoms with Gasteiger partial charge in [-0.1, -0.05) is 6.07 Å². The van der Waals surface area contributed by atoms with Gasteiger partial charge in [-0.05, 0) is 24.5 Å². The van der Waals surface area contributed by atoms with Crippen LogP contribution >= 0.6 is 23.1 Å². The van der Waals surface area contributed by atoms with Crippen molar-refractivity contribution in [3.05, 3.63) is 54.2 Å². The van der Waals surface area contributed by atoms with Gasteiger partial charge >= 0.3 is 0 Å². The van der Waals surface area contributed by atoms with E-state index in [1.165, 1.54) is 29.4 Å². The molecule has 174 valence electrons. The van der Waals surface area contributed by atoms with Crippen molar-refractivity contribution in [2.45, 2.75) is 23.8 Å². The van der Waals surface area contributed by atoms with Crippen LogP contribution in [0.5, 0.6) is 5.88 Å². The Labute approximate surface area is 198 Å². The molecule has 0 spiro atoms. The zero-order valence-electron chi connectivity index (χ0n) is 17.9. The number of ether oxygens (including phenoxy) is 1. The third kappa shape index (κ3) is 5.06. The first-order chi connectivity index (χ1) is 15.2. The van der Waals surface area contributed by atoms with Crippen molar-refractivity contribution >= 4 is 39.3 Å². The van der Waals surface area contributed by atoms with Crippen molar-refractivity contribution in [1.82, 2.24) is 19.9 Å². The number of piperidine rings is 1. The largest absolute Gasteiger partial charge is 0.473 e. The van der Waals surface area contributed by atoms with E-state index in [0.29, 0.717) is 11.4 Å². The average Bonchev–Trinajstić information content (AvgIpc) is 3.25. The number of halogens is 1. The lowest BCUT2D eigenvalue weighted by atomic mass is 10.1. The predicted octanol–water partition coefficient (Wildman–Crippen LogP) is 3.41. The third-order valence-corrected chi connectivity index (χ3v) is 7.03. The van der Waals surface area contributed by atoms with Crippen LogP contribution in [0.1, 0.15) is 12.8 Å². The molecule has 4 aromatic rings. The van der Waals surface area contributed by atoms with Crippen LogP contribution in [0.25, 0.3) is 21.3 Å². The Morgan fingerprint density at radius 2 is 1.82 bits per heavy atom. The molecule has 0 radical (unpaired) electrons. The number of rotatable bonds is 5. The zero-order chi connectivity index (χ0) is 21.2. The number of anilines is 1. The number of hydrogen-bond donors (Lipinski definition) is 0. The molecule has 1 aliphatic heterocycles. The van der Waals surface area contributed by atoms with E-state index in [9.17, 15) is 4.39 Å². The molecule has 1 aliphatic rings. The highest BCUT2D eigenvalue weighted by atomic mass is 32.2. The molecule has 0 bridgehead atoms. The number of nitrogens with zero attached hydrogens (tertiary/aromatic N) is 5. The maximum atomic E-state index is 14.7. The van der Waals surface area contributed by atoms with Gasteiger partial charge in [0.05, 0.1) is 5.52 Å². The summed E-state index contributed by atoms with van der Waals surface area (Å²) in [5.41, 5.74) is 2.04. The minimum absolute atomic E-state index is 0. The van der Waals surface area contributed by atoms with Gasteiger partial charge in [-0.25, -0.2) is 24.3 Å². The maximum Gasteiger partial charge on any atom is 0.235 e. The normalized spacial score (nSPS) is 13.9. The summed E-state index contributed by atoms with van der Waals surface area (Å²) in [4.78, 5) is 20.5. The number of thiophene rings is 1. The Hall–Kier alpha value is -2.86. The summed E-state index contributed by atoms with van der Waals surface area (Å²) >= 11 is 3.01. The lowest BCUT2D eigenvalue weighted by Gasteiger charge is -2.31. The molecule has 0 atom stereocenters. The van der Waals surface area contributed by atoms with E-state index in [0.717, 1.165) is 52.6 Å². The predicted molar refractivity (Wildman–Crippen MR) is 130 cm³/mol. The number of fused-ring (bicyclic) bond motifs is 1. The summed E-state index contributed by atoms with van der Waals surface area (Å²) in [6.45, 7) is 1.65. The smallest absolute Gasteiger partial charge is 0.235 e. The minimum Gasteiger partial charge on any atom is -0.473 e. The van der Waals surface area contributed by atoms with E-state index < -0.39 is 0 Å². The molecular weight excluding hydrogens is 465 g/mol. The third-order valence-electron chi connectivity index (χ3n) is 5.34. The van der Waals surface area contributed by atoms with Crippen LogP contribution in [0.4, 0.5) is 10.3 Å². The molecule has 4 heterocycles. The topological polar surface area (TPSA) is 127 Å². The Bertz CT molecular complexity index is 1200. The van der Waals surface area contributed by atoms with E-state index in [1.54, 1.807) is 18.5 Å². The standard InChI is InChI=1S/C22H20FN5OS2.2H2O/c1-30-15-3-4-16(18(23)11-15)17-12-31-20-19(17)26-13-27-21(20)29-14-5-9-28(10-6-14)22-24-7-2-8-25-22;;/h2-4,7-8,11-14H,5-6,9-10H2,1H3;2*1H2. The van der Waals surface area contributed by atoms with Gasteiger partial charge in [0.1, 0.15) is 22.9 Å². The van der Waals surface area contributed by atoms with Crippen molar-refractivity contribution in [1.29, 1.82) is 0 Å². The Morgan fingerprint density at radius 3 is 2.52 bits per heavy atom. The fourth-order valence-electron chi connectivity index (χ4n) is 3.73. The summed E-state index contributed by atoms with van der Waals surface area (Å²) in [5, 5.41) is 1.93. The molecule has 1 aromatic carbocycles. The van der Waals surface area contributed by atoms with Crippen molar-refractivity contribution in [2.75, 3.05) is 24.2 Å². The number of hydrogen-bond acceptors (Lipinski definition) is 8. The first kappa shape index (κ1) is 24.8. The van der Waals surface area contributed by atoms with Crippen LogP contribution in [0.3, 0.4) is 0 Å². The highest BCUT2D eigenvalue weighted by Gasteiger charge is 2.24. The van der Waals surface area contributed by atoms with Gasteiger partial charge < -0.3 is 20.6 Å². The first-order valence-corrected chi connectivity index (χ1v) is 12.1. The molecule has 1 saturated heterocycles. The molecule has 1 fully saturated rings. The molecule has 0 aliphatic carbocycles. The van der Waals surface area contributed by atoms with Crippen LogP contribution in [-0.2, 0) is 0 Å². The molecule has 5 rings (SSSR count). The number of benzene rings is 1. The summed E-state index contributed by atoms with van der Waals surface area (Å²) in [5.74, 6) is 1.07. The number of aromatic nitrogens is 4. The van der Waals surface area contributed by atoms with E-state index >= 15 is 0 Å². The summed E-state index contributed by atoms with van der Waals surface area (Å²) in [6, 6.07) is 7.12. The van der Waals surface area contributed by atoms with Crippen LogP contribution in [0, 0.1) is 5.82 Å². The molecule has 33 heavy (non-hydrogen) atoms. The molecule has 4 N–H and O–H groups in total. The SMILES string of the molecule is CSc1ccc(-c2csc3c(OC4CCN(c5ncccn5)CC4)ncnc23)c(F)c1.O.O. The van der Waals surface area contributed by atoms with Crippen LogP contribution < -0.4 is 9.64 Å². The van der Waals surface area contributed by atoms with Gasteiger partial charge in [0.2, 0.25) is 11.8 Å². The minimum atomic E-state index is -0.247. The molecule has 11 heteroatoms. The van der Waals surface area contributed by atoms with Crippen molar-refractivity contribution in [2.24, 2.45) is 0 Å². The Balaban J connectivity index is 0.00000153. The number of thioether (sulfide) groups is 1. The quantitative estimate of drug-likeness (QED) is 0.393. The molecular formula is C22H24FN5O3S2. The van der Waals surface area contributed by atoms with Crippen molar-refractivity contribution < 1.29 is 20.1 Å². The first-order valence-electron chi connectivity index (χ1n) is 9.97. The Morgan fingerprint density at radius 1 is 1.06 bits per heavy atom. The Kier molecular flexibility index (Phi) is 8.14. The summed E-state index contributed by atoms with van der Waals surface area (Å²) < 4.78 is 21.8. The van der Waals surface area contributed by atoms with Crippen LogP contribution in [0.15, 0.2) is 53.3 Å². The second-order valence-electron chi connectivity index (χ2n) is 7.20. The monoisotopic (exact) mass is 489 g/mol. The van der Waals surface area contributed by atoms with E-state index in [1.807, 2.05) is 29.8 Å². The second-order valence-corrected chi connectivity index (χ2v) is 8.96. The summed E-state index contributed by atoms with van der Waals surface area (Å²) in [6.07, 6.45) is 8.71. The van der Waals surface area contributed by atoms with E-state index in [-0.39, 0.29) is 22.9 Å². The van der Waals surface area contributed by atoms with Crippen LogP contribution in [-0.4, -0.2) is 56.3 Å². The maximum absolute atomic E-state index is 14.7. The lowest BCUT2D eigenvalue weighted by molar-refractivity contribution is 0.166. The molecule has 0 unspecified atom stereocenters. The second kappa shape index (κ2) is 10.8. The fourth-order valence-corrected chi connectivity index (χ4v) is 5.11. The van der Waals surface area contributed by atoms with Crippen molar-refractivity contribution in [3.8, 4) is 17.0 Å². The van der Waals surface area contributed by atoms with E-state index in [4.69, 9.17) is 4.74 Å². The molecule has 8 nitrogen and oxygen atoms in total. The van der Waals surface area contributed by atoms with Crippen LogP contribution in [0.2, 0.25) is 0 Å². The average molecular weight is 490 g/mol. The van der Waals surface area contributed by atoms with Gasteiger partial charge in [0, 0.05) is 59.7 Å². The molecule has 0 saturated carbocycles. The van der Waals surface area contributed by atoms with Gasteiger partial charge in [-0.2, -0.15) is 0 Å². The summed E-state index contributed by atoms with van der Waals surface area (Å²) in [7, 11) is 0. The van der Waals surface area contributed by atoms with Gasteiger partial charge in [0.15, 0.2) is 0 Å². The van der Waals surface area contributed by atoms with Gasteiger partial charge in [-0.15, -0.1) is 23.1 Å². The van der Waals surface area contributed by atoms with Crippen molar-refractivity contribution in [3.63, 3.8) is 0 Å².